The lowest BCUT2D eigenvalue weighted by Gasteiger charge is -2.29. The van der Waals surface area contributed by atoms with Crippen molar-refractivity contribution in [1.29, 1.82) is 0 Å². The van der Waals surface area contributed by atoms with Gasteiger partial charge in [-0.15, -0.1) is 0 Å². The van der Waals surface area contributed by atoms with Gasteiger partial charge < -0.3 is 14.4 Å². The van der Waals surface area contributed by atoms with Gasteiger partial charge >= 0.3 is 19.0 Å². The Morgan fingerprint density at radius 2 is 2.12 bits per heavy atom. The highest BCUT2D eigenvalue weighted by molar-refractivity contribution is 6.47. The van der Waals surface area contributed by atoms with Crippen LogP contribution in [0.4, 0.5) is 8.78 Å². The number of hydrogen-bond donors (Lipinski definition) is 1. The number of fused-ring (bicyclic) bond motifs is 1. The van der Waals surface area contributed by atoms with Crippen LogP contribution in [0.5, 0.6) is 5.75 Å². The largest absolute Gasteiger partial charge is 0.535 e. The molecule has 1 aliphatic rings. The fraction of sp³-hybridized carbons (Fsp3) is 0.500. The Morgan fingerprint density at radius 3 is 2.75 bits per heavy atom. The van der Waals surface area contributed by atoms with E-state index in [2.05, 4.69) is 0 Å². The fourth-order valence-electron chi connectivity index (χ4n) is 2.61. The Labute approximate surface area is 139 Å². The van der Waals surface area contributed by atoms with Crippen molar-refractivity contribution in [3.05, 3.63) is 29.3 Å². The summed E-state index contributed by atoms with van der Waals surface area (Å²) < 4.78 is 37.2. The Balaban J connectivity index is 2.21. The zero-order valence-electron chi connectivity index (χ0n) is 13.6. The van der Waals surface area contributed by atoms with Crippen LogP contribution in [0, 0.1) is 0 Å². The van der Waals surface area contributed by atoms with Crippen LogP contribution < -0.4 is 4.65 Å². The molecule has 24 heavy (non-hydrogen) atoms. The van der Waals surface area contributed by atoms with Crippen molar-refractivity contribution in [2.45, 2.75) is 44.8 Å². The summed E-state index contributed by atoms with van der Waals surface area (Å²) in [6, 6.07) is 4.78. The standard InChI is InChI=1S/C16H19BF2O5/c1-3-16(18,19)13(20)9-11-8-10-6-5-7-12(15(21)23-4-2)14(10)24-17(11)22/h5-7,11,22H,3-4,8-9H2,1-2H3/t11-/m1/s1. The summed E-state index contributed by atoms with van der Waals surface area (Å²) in [4.78, 5) is 23.6. The van der Waals surface area contributed by atoms with Crippen LogP contribution in [0.3, 0.4) is 0 Å². The third kappa shape index (κ3) is 3.75. The molecule has 1 aromatic carbocycles. The van der Waals surface area contributed by atoms with Crippen molar-refractivity contribution >= 4 is 18.9 Å². The van der Waals surface area contributed by atoms with Crippen molar-refractivity contribution in [3.8, 4) is 5.75 Å². The van der Waals surface area contributed by atoms with Gasteiger partial charge in [0.1, 0.15) is 11.3 Å². The summed E-state index contributed by atoms with van der Waals surface area (Å²) in [6.07, 6.45) is -0.917. The zero-order chi connectivity index (χ0) is 17.9. The van der Waals surface area contributed by atoms with Crippen LogP contribution in [0.25, 0.3) is 0 Å². The average Bonchev–Trinajstić information content (AvgIpc) is 2.55. The van der Waals surface area contributed by atoms with E-state index in [9.17, 15) is 23.4 Å². The monoisotopic (exact) mass is 340 g/mol. The minimum absolute atomic E-state index is 0.162. The highest BCUT2D eigenvalue weighted by Crippen LogP contribution is 2.37. The molecule has 0 bridgehead atoms. The molecule has 0 saturated carbocycles. The van der Waals surface area contributed by atoms with Gasteiger partial charge in [0.2, 0.25) is 5.78 Å². The van der Waals surface area contributed by atoms with Gasteiger partial charge in [-0.25, -0.2) is 4.79 Å². The zero-order valence-corrected chi connectivity index (χ0v) is 13.6. The van der Waals surface area contributed by atoms with Crippen LogP contribution in [-0.2, 0) is 16.0 Å². The molecule has 1 atom stereocenters. The predicted octanol–water partition coefficient (Wildman–Crippen LogP) is 2.65. The third-order valence-electron chi connectivity index (χ3n) is 4.02. The molecule has 2 rings (SSSR count). The molecule has 5 nitrogen and oxygen atoms in total. The Morgan fingerprint density at radius 1 is 1.42 bits per heavy atom. The number of carbonyl (C=O) groups is 2. The first kappa shape index (κ1) is 18.4. The van der Waals surface area contributed by atoms with Crippen LogP contribution >= 0.6 is 0 Å². The Bertz CT molecular complexity index is 635. The lowest BCUT2D eigenvalue weighted by molar-refractivity contribution is -0.143. The Hall–Kier alpha value is -1.96. The van der Waals surface area contributed by atoms with Gasteiger partial charge in [-0.2, -0.15) is 8.78 Å². The van der Waals surface area contributed by atoms with E-state index in [4.69, 9.17) is 9.39 Å². The summed E-state index contributed by atoms with van der Waals surface area (Å²) in [6.45, 7) is 3.08. The molecule has 0 amide bonds. The lowest BCUT2D eigenvalue weighted by Crippen LogP contribution is -2.38. The predicted molar refractivity (Wildman–Crippen MR) is 83.3 cm³/mol. The van der Waals surface area contributed by atoms with Gasteiger partial charge in [0.15, 0.2) is 0 Å². The molecule has 1 heterocycles. The van der Waals surface area contributed by atoms with Crippen LogP contribution in [0.1, 0.15) is 42.6 Å². The molecular weight excluding hydrogens is 321 g/mol. The van der Waals surface area contributed by atoms with E-state index in [0.29, 0.717) is 5.56 Å². The molecule has 8 heteroatoms. The molecule has 1 aliphatic heterocycles. The molecular formula is C16H19BF2O5. The molecule has 0 aromatic heterocycles. The van der Waals surface area contributed by atoms with Crippen molar-refractivity contribution in [3.63, 3.8) is 0 Å². The second-order valence-corrected chi connectivity index (χ2v) is 5.67. The number of hydrogen-bond acceptors (Lipinski definition) is 5. The maximum absolute atomic E-state index is 13.4. The van der Waals surface area contributed by atoms with E-state index in [-0.39, 0.29) is 24.3 Å². The number of Topliss-reactive ketones (excluding diaryl/α,β-unsaturated/α-hetero) is 1. The summed E-state index contributed by atoms with van der Waals surface area (Å²) in [7, 11) is -1.44. The summed E-state index contributed by atoms with van der Waals surface area (Å²) >= 11 is 0. The second kappa shape index (κ2) is 7.30. The SMILES string of the molecule is CCOC(=O)c1cccc2c1OB(O)[C@@H](CC(=O)C(F)(F)CC)C2. The van der Waals surface area contributed by atoms with Crippen LogP contribution in [0.2, 0.25) is 5.82 Å². The molecule has 0 fully saturated rings. The van der Waals surface area contributed by atoms with Crippen LogP contribution in [-0.4, -0.2) is 36.4 Å². The second-order valence-electron chi connectivity index (χ2n) is 5.67. The first-order valence-electron chi connectivity index (χ1n) is 7.85. The summed E-state index contributed by atoms with van der Waals surface area (Å²) in [5.41, 5.74) is 0.737. The number of halogens is 2. The van der Waals surface area contributed by atoms with Crippen molar-refractivity contribution in [2.24, 2.45) is 0 Å². The van der Waals surface area contributed by atoms with E-state index in [1.54, 1.807) is 19.1 Å². The smallest absolute Gasteiger partial charge is 0.526 e. The maximum Gasteiger partial charge on any atom is 0.526 e. The summed E-state index contributed by atoms with van der Waals surface area (Å²) in [5, 5.41) is 10.1. The quantitative estimate of drug-likeness (QED) is 0.637. The van der Waals surface area contributed by atoms with Gasteiger partial charge in [-0.3, -0.25) is 4.79 Å². The molecule has 0 unspecified atom stereocenters. The number of esters is 1. The number of benzene rings is 1. The number of rotatable bonds is 6. The number of para-hydroxylation sites is 1. The fourth-order valence-corrected chi connectivity index (χ4v) is 2.61. The maximum atomic E-state index is 13.4. The van der Waals surface area contributed by atoms with Gasteiger partial charge in [0.05, 0.1) is 6.61 Å². The van der Waals surface area contributed by atoms with Gasteiger partial charge in [-0.1, -0.05) is 19.1 Å². The molecule has 0 aliphatic carbocycles. The molecule has 1 N–H and O–H groups in total. The molecule has 0 saturated heterocycles. The normalized spacial score (nSPS) is 17.0. The van der Waals surface area contributed by atoms with Gasteiger partial charge in [0, 0.05) is 18.7 Å². The molecule has 130 valence electrons. The minimum Gasteiger partial charge on any atom is -0.535 e. The number of ether oxygens (including phenoxy) is 1. The lowest BCUT2D eigenvalue weighted by atomic mass is 9.64. The molecule has 0 spiro atoms. The third-order valence-corrected chi connectivity index (χ3v) is 4.02. The molecule has 1 aromatic rings. The van der Waals surface area contributed by atoms with Crippen molar-refractivity contribution in [2.75, 3.05) is 6.61 Å². The van der Waals surface area contributed by atoms with E-state index >= 15 is 0 Å². The van der Waals surface area contributed by atoms with Crippen LogP contribution in [0.15, 0.2) is 18.2 Å². The van der Waals surface area contributed by atoms with E-state index in [0.717, 1.165) is 0 Å². The van der Waals surface area contributed by atoms with Crippen molar-refractivity contribution in [1.82, 2.24) is 0 Å². The van der Waals surface area contributed by atoms with E-state index in [1.807, 2.05) is 0 Å². The van der Waals surface area contributed by atoms with E-state index in [1.165, 1.54) is 13.0 Å². The summed E-state index contributed by atoms with van der Waals surface area (Å²) in [5.74, 6) is -5.84. The van der Waals surface area contributed by atoms with Gasteiger partial charge in [-0.05, 0) is 25.0 Å². The topological polar surface area (TPSA) is 72.8 Å². The first-order valence-corrected chi connectivity index (χ1v) is 7.85. The number of carbonyl (C=O) groups excluding carboxylic acids is 2. The highest BCUT2D eigenvalue weighted by Gasteiger charge is 2.43. The van der Waals surface area contributed by atoms with Crippen molar-refractivity contribution < 1.29 is 32.8 Å². The highest BCUT2D eigenvalue weighted by atomic mass is 19.3. The first-order chi connectivity index (χ1) is 11.3. The van der Waals surface area contributed by atoms with E-state index < -0.39 is 43.5 Å². The molecule has 0 radical (unpaired) electrons. The number of alkyl halides is 2. The number of ketones is 1. The Kier molecular flexibility index (Phi) is 5.59. The minimum atomic E-state index is -3.41. The average molecular weight is 340 g/mol. The van der Waals surface area contributed by atoms with Gasteiger partial charge in [0.25, 0.3) is 0 Å².